The molecule has 0 aliphatic carbocycles. The maximum atomic E-state index is 4.68. The van der Waals surface area contributed by atoms with Crippen LogP contribution in [0.15, 0.2) is 0 Å². The second kappa shape index (κ2) is 4.55. The molecule has 0 amide bonds. The Balaban J connectivity index is 2.27. The minimum absolute atomic E-state index is 0.534. The van der Waals surface area contributed by atoms with Crippen molar-refractivity contribution in [2.75, 3.05) is 26.7 Å². The summed E-state index contributed by atoms with van der Waals surface area (Å²) in [5, 5.41) is 11.2. The van der Waals surface area contributed by atoms with Crippen molar-refractivity contribution in [1.29, 1.82) is 0 Å². The predicted octanol–water partition coefficient (Wildman–Crippen LogP) is 0.967. The number of aromatic nitrogens is 2. The number of likely N-dealkylation sites (N-methyl/N-ethyl adjacent to an activating group) is 1. The van der Waals surface area contributed by atoms with Gasteiger partial charge in [0.15, 0.2) is 0 Å². The summed E-state index contributed by atoms with van der Waals surface area (Å²) in [7, 11) is 2.00. The van der Waals surface area contributed by atoms with E-state index in [1.807, 2.05) is 7.05 Å². The van der Waals surface area contributed by atoms with Crippen molar-refractivity contribution in [3.05, 3.63) is 17.0 Å². The molecule has 4 heteroatoms. The molecular weight excluding hydrogens is 200 g/mol. The van der Waals surface area contributed by atoms with Crippen LogP contribution < -0.4 is 10.6 Å². The van der Waals surface area contributed by atoms with Gasteiger partial charge in [0.2, 0.25) is 0 Å². The lowest BCUT2D eigenvalue weighted by atomic mass is 9.99. The molecule has 0 saturated carbocycles. The Morgan fingerprint density at radius 2 is 2.19 bits per heavy atom. The lowest BCUT2D eigenvalue weighted by Gasteiger charge is -2.28. The third kappa shape index (κ3) is 1.87. The summed E-state index contributed by atoms with van der Waals surface area (Å²) in [6, 6.07) is 0.564. The highest BCUT2D eigenvalue weighted by Gasteiger charge is 2.25. The van der Waals surface area contributed by atoms with Crippen LogP contribution in [-0.4, -0.2) is 36.5 Å². The number of rotatable bonds is 4. The monoisotopic (exact) mass is 222 g/mol. The summed E-state index contributed by atoms with van der Waals surface area (Å²) in [5.41, 5.74) is 3.94. The summed E-state index contributed by atoms with van der Waals surface area (Å²) in [6.07, 6.45) is 0. The van der Waals surface area contributed by atoms with Crippen molar-refractivity contribution in [1.82, 2.24) is 20.4 Å². The average molecular weight is 222 g/mol. The predicted molar refractivity (Wildman–Crippen MR) is 65.9 cm³/mol. The van der Waals surface area contributed by atoms with E-state index in [2.05, 4.69) is 41.2 Å². The first-order chi connectivity index (χ1) is 7.65. The van der Waals surface area contributed by atoms with Gasteiger partial charge in [-0.2, -0.15) is 5.10 Å². The molecule has 1 saturated heterocycles. The lowest BCUT2D eigenvalue weighted by molar-refractivity contribution is 0.312. The molecule has 1 aliphatic heterocycles. The summed E-state index contributed by atoms with van der Waals surface area (Å²) >= 11 is 0. The first kappa shape index (κ1) is 11.6. The van der Waals surface area contributed by atoms with Crippen molar-refractivity contribution in [3.8, 4) is 0 Å². The van der Waals surface area contributed by atoms with Gasteiger partial charge < -0.3 is 10.6 Å². The zero-order chi connectivity index (χ0) is 11.7. The van der Waals surface area contributed by atoms with Crippen LogP contribution in [0.25, 0.3) is 0 Å². The highest BCUT2D eigenvalue weighted by Crippen LogP contribution is 2.25. The van der Waals surface area contributed by atoms with Crippen LogP contribution >= 0.6 is 0 Å². The molecule has 1 atom stereocenters. The minimum Gasteiger partial charge on any atom is -0.319 e. The van der Waals surface area contributed by atoms with Gasteiger partial charge >= 0.3 is 0 Å². The Bertz CT molecular complexity index is 365. The second-order valence-electron chi connectivity index (χ2n) is 4.80. The van der Waals surface area contributed by atoms with Crippen LogP contribution in [0.5, 0.6) is 0 Å². The van der Waals surface area contributed by atoms with Crippen LogP contribution in [-0.2, 0) is 0 Å². The maximum Gasteiger partial charge on any atom is 0.0770 e. The second-order valence-corrected chi connectivity index (χ2v) is 4.80. The van der Waals surface area contributed by atoms with Gasteiger partial charge in [0.1, 0.15) is 0 Å². The Labute approximate surface area is 97.4 Å². The summed E-state index contributed by atoms with van der Waals surface area (Å²) in [6.45, 7) is 9.70. The van der Waals surface area contributed by atoms with Gasteiger partial charge in [-0.15, -0.1) is 0 Å². The molecule has 2 rings (SSSR count). The van der Waals surface area contributed by atoms with Gasteiger partial charge in [0.05, 0.1) is 11.7 Å². The maximum absolute atomic E-state index is 4.68. The van der Waals surface area contributed by atoms with E-state index in [1.165, 1.54) is 17.0 Å². The average Bonchev–Trinajstić information content (AvgIpc) is 2.40. The Morgan fingerprint density at radius 1 is 1.50 bits per heavy atom. The fourth-order valence-corrected chi connectivity index (χ4v) is 2.60. The molecule has 90 valence electrons. The topological polar surface area (TPSA) is 41.9 Å². The molecule has 0 aromatic carbocycles. The molecule has 1 aromatic rings. The molecule has 2 N–H and O–H groups in total. The third-order valence-corrected chi connectivity index (χ3v) is 3.49. The molecule has 1 aromatic heterocycles. The molecule has 2 heterocycles. The number of nitrogens with one attached hydrogen (secondary N) is 2. The van der Waals surface area contributed by atoms with Gasteiger partial charge in [0, 0.05) is 30.9 Å². The van der Waals surface area contributed by atoms with Crippen LogP contribution in [0.2, 0.25) is 0 Å². The summed E-state index contributed by atoms with van der Waals surface area (Å²) in [4.78, 5) is 0. The fourth-order valence-electron chi connectivity index (χ4n) is 2.60. The van der Waals surface area contributed by atoms with Gasteiger partial charge in [-0.1, -0.05) is 6.92 Å². The fraction of sp³-hybridized carbons (Fsp3) is 0.750. The highest BCUT2D eigenvalue weighted by atomic mass is 15.3. The van der Waals surface area contributed by atoms with Gasteiger partial charge in [-0.05, 0) is 26.8 Å². The van der Waals surface area contributed by atoms with E-state index in [0.717, 1.165) is 19.6 Å². The van der Waals surface area contributed by atoms with E-state index >= 15 is 0 Å². The van der Waals surface area contributed by atoms with Gasteiger partial charge in [0.25, 0.3) is 0 Å². The number of nitrogens with zero attached hydrogens (tertiary/aromatic N) is 2. The van der Waals surface area contributed by atoms with Crippen LogP contribution in [0.1, 0.15) is 35.8 Å². The largest absolute Gasteiger partial charge is 0.319 e. The van der Waals surface area contributed by atoms with Gasteiger partial charge in [-0.25, -0.2) is 0 Å². The molecule has 1 aliphatic rings. The normalized spacial score (nSPS) is 18.5. The summed E-state index contributed by atoms with van der Waals surface area (Å²) in [5.74, 6) is 0.534. The quantitative estimate of drug-likeness (QED) is 0.797. The molecule has 1 fully saturated rings. The van der Waals surface area contributed by atoms with Crippen LogP contribution in [0.4, 0.5) is 0 Å². The number of aryl methyl sites for hydroxylation is 1. The SMILES string of the molecule is CNCC(C)c1c(C)nn(C2CNC2)c1C. The van der Waals surface area contributed by atoms with E-state index in [1.54, 1.807) is 0 Å². The third-order valence-electron chi connectivity index (χ3n) is 3.49. The van der Waals surface area contributed by atoms with E-state index < -0.39 is 0 Å². The molecule has 16 heavy (non-hydrogen) atoms. The number of hydrogen-bond donors (Lipinski definition) is 2. The Kier molecular flexibility index (Phi) is 3.30. The van der Waals surface area contributed by atoms with E-state index in [9.17, 15) is 0 Å². The van der Waals surface area contributed by atoms with Crippen molar-refractivity contribution in [3.63, 3.8) is 0 Å². The standard InChI is InChI=1S/C12H22N4/c1-8(5-13-4)12-9(2)15-16(10(12)3)11-6-14-7-11/h8,11,13-14H,5-7H2,1-4H3. The molecule has 0 bridgehead atoms. The zero-order valence-corrected chi connectivity index (χ0v) is 10.7. The highest BCUT2D eigenvalue weighted by molar-refractivity contribution is 5.29. The van der Waals surface area contributed by atoms with E-state index in [0.29, 0.717) is 12.0 Å². The van der Waals surface area contributed by atoms with E-state index in [4.69, 9.17) is 0 Å². The Morgan fingerprint density at radius 3 is 2.69 bits per heavy atom. The van der Waals surface area contributed by atoms with Crippen molar-refractivity contribution in [2.24, 2.45) is 0 Å². The Hall–Kier alpha value is -0.870. The molecular formula is C12H22N4. The smallest absolute Gasteiger partial charge is 0.0770 e. The van der Waals surface area contributed by atoms with Crippen LogP contribution in [0, 0.1) is 13.8 Å². The van der Waals surface area contributed by atoms with Crippen molar-refractivity contribution >= 4 is 0 Å². The van der Waals surface area contributed by atoms with E-state index in [-0.39, 0.29) is 0 Å². The summed E-state index contributed by atoms with van der Waals surface area (Å²) < 4.78 is 2.20. The number of hydrogen-bond acceptors (Lipinski definition) is 3. The molecule has 1 unspecified atom stereocenters. The first-order valence-electron chi connectivity index (χ1n) is 6.06. The van der Waals surface area contributed by atoms with Crippen LogP contribution in [0.3, 0.4) is 0 Å². The molecule has 0 radical (unpaired) electrons. The van der Waals surface area contributed by atoms with Crippen molar-refractivity contribution < 1.29 is 0 Å². The van der Waals surface area contributed by atoms with Crippen molar-refractivity contribution in [2.45, 2.75) is 32.7 Å². The first-order valence-corrected chi connectivity index (χ1v) is 6.06. The minimum atomic E-state index is 0.534. The zero-order valence-electron chi connectivity index (χ0n) is 10.7. The molecule has 4 nitrogen and oxygen atoms in total. The molecule has 0 spiro atoms. The lowest BCUT2D eigenvalue weighted by Crippen LogP contribution is -2.44. The van der Waals surface area contributed by atoms with Gasteiger partial charge in [-0.3, -0.25) is 4.68 Å².